The topological polar surface area (TPSA) is 66.5 Å². The van der Waals surface area contributed by atoms with E-state index in [0.717, 1.165) is 13.0 Å². The highest BCUT2D eigenvalue weighted by atomic mass is 32.2. The van der Waals surface area contributed by atoms with Gasteiger partial charge in [0.15, 0.2) is 9.84 Å². The van der Waals surface area contributed by atoms with Crippen molar-refractivity contribution in [3.63, 3.8) is 0 Å². The Balaban J connectivity index is 1.64. The van der Waals surface area contributed by atoms with E-state index in [9.17, 15) is 13.2 Å². The van der Waals surface area contributed by atoms with Gasteiger partial charge in [-0.1, -0.05) is 18.2 Å². The summed E-state index contributed by atoms with van der Waals surface area (Å²) in [6, 6.07) is 9.11. The van der Waals surface area contributed by atoms with Crippen molar-refractivity contribution in [2.75, 3.05) is 37.7 Å². The van der Waals surface area contributed by atoms with E-state index in [1.54, 1.807) is 12.1 Å². The number of nitrogens with zero attached hydrogens (tertiary/aromatic N) is 1. The lowest BCUT2D eigenvalue weighted by Crippen LogP contribution is -2.41. The van der Waals surface area contributed by atoms with Crippen LogP contribution in [0.2, 0.25) is 0 Å². The van der Waals surface area contributed by atoms with Gasteiger partial charge in [0.2, 0.25) is 0 Å². The normalized spacial score (nSPS) is 18.6. The van der Waals surface area contributed by atoms with Crippen molar-refractivity contribution < 1.29 is 13.2 Å². The van der Waals surface area contributed by atoms with Gasteiger partial charge in [0, 0.05) is 25.2 Å². The summed E-state index contributed by atoms with van der Waals surface area (Å²) in [5, 5.41) is 2.87. The first-order valence-electron chi connectivity index (χ1n) is 6.83. The number of hydrogen-bond acceptors (Lipinski definition) is 4. The van der Waals surface area contributed by atoms with Crippen LogP contribution in [0.3, 0.4) is 0 Å². The number of amides is 1. The SMILES string of the molecule is O=C(NCCCN1CCS(=O)(=O)CC1)c1ccccc1. The number of benzene rings is 1. The monoisotopic (exact) mass is 296 g/mol. The van der Waals surface area contributed by atoms with Crippen LogP contribution in [-0.2, 0) is 9.84 Å². The summed E-state index contributed by atoms with van der Waals surface area (Å²) >= 11 is 0. The molecule has 20 heavy (non-hydrogen) atoms. The summed E-state index contributed by atoms with van der Waals surface area (Å²) in [5.74, 6) is 0.444. The molecular formula is C14H20N2O3S. The van der Waals surface area contributed by atoms with Crippen LogP contribution in [0.25, 0.3) is 0 Å². The molecule has 0 bridgehead atoms. The van der Waals surface area contributed by atoms with Crippen LogP contribution in [0.1, 0.15) is 16.8 Å². The summed E-state index contributed by atoms with van der Waals surface area (Å²) in [4.78, 5) is 13.9. The van der Waals surface area contributed by atoms with E-state index >= 15 is 0 Å². The Morgan fingerprint density at radius 3 is 2.45 bits per heavy atom. The van der Waals surface area contributed by atoms with Gasteiger partial charge < -0.3 is 10.2 Å². The van der Waals surface area contributed by atoms with Gasteiger partial charge in [0.05, 0.1) is 11.5 Å². The number of nitrogens with one attached hydrogen (secondary N) is 1. The molecule has 1 aromatic carbocycles. The number of rotatable bonds is 5. The third kappa shape index (κ3) is 4.61. The lowest BCUT2D eigenvalue weighted by Gasteiger charge is -2.26. The average Bonchev–Trinajstić information content (AvgIpc) is 2.46. The smallest absolute Gasteiger partial charge is 0.251 e. The van der Waals surface area contributed by atoms with Crippen molar-refractivity contribution in [1.29, 1.82) is 0 Å². The molecule has 0 unspecified atom stereocenters. The lowest BCUT2D eigenvalue weighted by molar-refractivity contribution is 0.0952. The van der Waals surface area contributed by atoms with Crippen molar-refractivity contribution in [3.8, 4) is 0 Å². The predicted octanol–water partition coefficient (Wildman–Crippen LogP) is 0.537. The highest BCUT2D eigenvalue weighted by molar-refractivity contribution is 7.91. The third-order valence-electron chi connectivity index (χ3n) is 3.41. The first-order chi connectivity index (χ1) is 9.57. The zero-order valence-corrected chi connectivity index (χ0v) is 12.2. The molecule has 0 radical (unpaired) electrons. The van der Waals surface area contributed by atoms with Crippen molar-refractivity contribution in [2.45, 2.75) is 6.42 Å². The van der Waals surface area contributed by atoms with Gasteiger partial charge in [-0.15, -0.1) is 0 Å². The fourth-order valence-electron chi connectivity index (χ4n) is 2.17. The average molecular weight is 296 g/mol. The highest BCUT2D eigenvalue weighted by Gasteiger charge is 2.20. The van der Waals surface area contributed by atoms with Crippen molar-refractivity contribution >= 4 is 15.7 Å². The largest absolute Gasteiger partial charge is 0.352 e. The predicted molar refractivity (Wildman–Crippen MR) is 78.5 cm³/mol. The summed E-state index contributed by atoms with van der Waals surface area (Å²) in [5.41, 5.74) is 0.663. The first kappa shape index (κ1) is 15.0. The quantitative estimate of drug-likeness (QED) is 0.805. The van der Waals surface area contributed by atoms with Gasteiger partial charge in [-0.3, -0.25) is 4.79 Å². The molecule has 6 heteroatoms. The van der Waals surface area contributed by atoms with Gasteiger partial charge in [-0.25, -0.2) is 8.42 Å². The standard InChI is InChI=1S/C14H20N2O3S/c17-14(13-5-2-1-3-6-13)15-7-4-8-16-9-11-20(18,19)12-10-16/h1-3,5-6H,4,7-12H2,(H,15,17). The molecule has 0 aliphatic carbocycles. The molecule has 5 nitrogen and oxygen atoms in total. The molecular weight excluding hydrogens is 276 g/mol. The van der Waals surface area contributed by atoms with Crippen LogP contribution in [0.5, 0.6) is 0 Å². The minimum atomic E-state index is -2.81. The van der Waals surface area contributed by atoms with E-state index < -0.39 is 9.84 Å². The van der Waals surface area contributed by atoms with E-state index in [4.69, 9.17) is 0 Å². The third-order valence-corrected chi connectivity index (χ3v) is 5.02. The van der Waals surface area contributed by atoms with Crippen molar-refractivity contribution in [2.24, 2.45) is 0 Å². The Hall–Kier alpha value is -1.40. The zero-order valence-electron chi connectivity index (χ0n) is 11.4. The molecule has 110 valence electrons. The molecule has 1 aromatic rings. The van der Waals surface area contributed by atoms with Gasteiger partial charge in [0.25, 0.3) is 5.91 Å². The fourth-order valence-corrected chi connectivity index (χ4v) is 3.45. The minimum Gasteiger partial charge on any atom is -0.352 e. The van der Waals surface area contributed by atoms with Crippen LogP contribution in [-0.4, -0.2) is 56.9 Å². The van der Waals surface area contributed by atoms with E-state index in [1.807, 2.05) is 18.2 Å². The van der Waals surface area contributed by atoms with E-state index in [0.29, 0.717) is 25.2 Å². The molecule has 0 spiro atoms. The molecule has 1 saturated heterocycles. The van der Waals surface area contributed by atoms with Crippen LogP contribution < -0.4 is 5.32 Å². The van der Waals surface area contributed by atoms with E-state index in [-0.39, 0.29) is 17.4 Å². The molecule has 1 amide bonds. The molecule has 0 aromatic heterocycles. The summed E-state index contributed by atoms with van der Waals surface area (Å²) in [6.07, 6.45) is 0.832. The Kier molecular flexibility index (Phi) is 5.14. The van der Waals surface area contributed by atoms with Gasteiger partial charge in [0.1, 0.15) is 0 Å². The van der Waals surface area contributed by atoms with Gasteiger partial charge in [-0.2, -0.15) is 0 Å². The Bertz CT molecular complexity index is 529. The molecule has 0 atom stereocenters. The second-order valence-corrected chi connectivity index (χ2v) is 7.27. The number of carbonyl (C=O) groups is 1. The van der Waals surface area contributed by atoms with Crippen LogP contribution >= 0.6 is 0 Å². The van der Waals surface area contributed by atoms with Gasteiger partial charge in [-0.05, 0) is 25.1 Å². The second kappa shape index (κ2) is 6.85. The highest BCUT2D eigenvalue weighted by Crippen LogP contribution is 2.04. The van der Waals surface area contributed by atoms with Crippen LogP contribution in [0.15, 0.2) is 30.3 Å². The number of carbonyl (C=O) groups excluding carboxylic acids is 1. The minimum absolute atomic E-state index is 0.0631. The number of hydrogen-bond donors (Lipinski definition) is 1. The molecule has 1 fully saturated rings. The molecule has 1 aliphatic heterocycles. The summed E-state index contributed by atoms with van der Waals surface area (Å²) in [7, 11) is -2.81. The Morgan fingerprint density at radius 1 is 1.15 bits per heavy atom. The van der Waals surface area contributed by atoms with Crippen LogP contribution in [0.4, 0.5) is 0 Å². The van der Waals surface area contributed by atoms with Gasteiger partial charge >= 0.3 is 0 Å². The maximum atomic E-state index is 11.8. The maximum Gasteiger partial charge on any atom is 0.251 e. The summed E-state index contributed by atoms with van der Waals surface area (Å²) < 4.78 is 22.6. The molecule has 1 heterocycles. The second-order valence-electron chi connectivity index (χ2n) is 4.97. The van der Waals surface area contributed by atoms with Crippen molar-refractivity contribution in [1.82, 2.24) is 10.2 Å². The van der Waals surface area contributed by atoms with Crippen LogP contribution in [0, 0.1) is 0 Å². The Labute approximate surface area is 119 Å². The zero-order chi connectivity index (χ0) is 14.4. The molecule has 1 N–H and O–H groups in total. The maximum absolute atomic E-state index is 11.8. The lowest BCUT2D eigenvalue weighted by atomic mass is 10.2. The molecule has 2 rings (SSSR count). The van der Waals surface area contributed by atoms with E-state index in [2.05, 4.69) is 10.2 Å². The fraction of sp³-hybridized carbons (Fsp3) is 0.500. The molecule has 1 aliphatic rings. The Morgan fingerprint density at radius 2 is 1.80 bits per heavy atom. The summed E-state index contributed by atoms with van der Waals surface area (Å²) in [6.45, 7) is 2.64. The number of sulfone groups is 1. The van der Waals surface area contributed by atoms with Crippen molar-refractivity contribution in [3.05, 3.63) is 35.9 Å². The molecule has 0 saturated carbocycles. The van der Waals surface area contributed by atoms with E-state index in [1.165, 1.54) is 0 Å². The first-order valence-corrected chi connectivity index (χ1v) is 8.65.